The lowest BCUT2D eigenvalue weighted by molar-refractivity contribution is -0.0527. The molecule has 1 fully saturated rings. The Bertz CT molecular complexity index is 980. The molecule has 3 atom stereocenters. The average molecular weight is 429 g/mol. The first-order chi connectivity index (χ1) is 14.7. The Morgan fingerprint density at radius 2 is 2.03 bits per heavy atom. The normalized spacial score (nSPS) is 23.6. The summed E-state index contributed by atoms with van der Waals surface area (Å²) in [6, 6.07) is 3.09. The highest BCUT2D eigenvalue weighted by Crippen LogP contribution is 2.38. The van der Waals surface area contributed by atoms with Gasteiger partial charge in [-0.1, -0.05) is 20.8 Å². The van der Waals surface area contributed by atoms with Crippen molar-refractivity contribution in [3.8, 4) is 5.88 Å². The number of pyridine rings is 1. The lowest BCUT2D eigenvalue weighted by Crippen LogP contribution is -2.60. The van der Waals surface area contributed by atoms with Crippen molar-refractivity contribution in [2.75, 3.05) is 18.0 Å². The summed E-state index contributed by atoms with van der Waals surface area (Å²) in [5, 5.41) is 9.53. The van der Waals surface area contributed by atoms with Crippen LogP contribution in [0.15, 0.2) is 24.7 Å². The monoisotopic (exact) mass is 429 g/mol. The number of amides is 1. The van der Waals surface area contributed by atoms with Gasteiger partial charge in [0.05, 0.1) is 23.0 Å². The standard InChI is InChI=1S/C22H28FN5O3/c1-13-19(27-10-7-14-15(27)6-5-9-24-14)25-12-26-20(13)31-16-8-11-28(21(29)30)18(17(16)23)22(2,3)4/h5-6,9,12,16-18H,7-8,10-11H2,1-4H3,(H,29,30)/t16-,17-,18?/m0/s1. The molecule has 1 N–H and O–H groups in total. The van der Waals surface area contributed by atoms with Crippen LogP contribution in [-0.2, 0) is 6.42 Å². The molecule has 1 saturated heterocycles. The van der Waals surface area contributed by atoms with Gasteiger partial charge in [0.1, 0.15) is 18.2 Å². The van der Waals surface area contributed by atoms with E-state index in [0.717, 1.165) is 29.9 Å². The average Bonchev–Trinajstić information content (AvgIpc) is 3.13. The molecule has 31 heavy (non-hydrogen) atoms. The van der Waals surface area contributed by atoms with Crippen LogP contribution in [0.3, 0.4) is 0 Å². The van der Waals surface area contributed by atoms with Crippen LogP contribution in [0.25, 0.3) is 0 Å². The van der Waals surface area contributed by atoms with Gasteiger partial charge in [-0.2, -0.15) is 0 Å². The molecule has 0 bridgehead atoms. The Labute approximate surface area is 181 Å². The van der Waals surface area contributed by atoms with Gasteiger partial charge in [0.25, 0.3) is 0 Å². The maximum atomic E-state index is 15.5. The van der Waals surface area contributed by atoms with Crippen LogP contribution < -0.4 is 9.64 Å². The first-order valence-corrected chi connectivity index (χ1v) is 10.5. The number of nitrogens with zero attached hydrogens (tertiary/aromatic N) is 5. The van der Waals surface area contributed by atoms with E-state index in [1.54, 1.807) is 6.20 Å². The van der Waals surface area contributed by atoms with E-state index in [-0.39, 0.29) is 13.0 Å². The number of carboxylic acid groups (broad SMARTS) is 1. The second-order valence-electron chi connectivity index (χ2n) is 9.17. The third-order valence-electron chi connectivity index (χ3n) is 6.04. The number of carbonyl (C=O) groups is 1. The van der Waals surface area contributed by atoms with Gasteiger partial charge < -0.3 is 19.6 Å². The number of fused-ring (bicyclic) bond motifs is 1. The van der Waals surface area contributed by atoms with Crippen molar-refractivity contribution in [2.24, 2.45) is 5.41 Å². The zero-order chi connectivity index (χ0) is 22.3. The number of piperidine rings is 1. The van der Waals surface area contributed by atoms with E-state index in [1.165, 1.54) is 11.2 Å². The lowest BCUT2D eigenvalue weighted by atomic mass is 9.78. The number of halogens is 1. The number of ether oxygens (including phenoxy) is 1. The van der Waals surface area contributed by atoms with Crippen LogP contribution in [0.2, 0.25) is 0 Å². The van der Waals surface area contributed by atoms with E-state index in [0.29, 0.717) is 11.7 Å². The molecule has 4 rings (SSSR count). The van der Waals surface area contributed by atoms with Crippen LogP contribution in [0.4, 0.5) is 20.7 Å². The second-order valence-corrected chi connectivity index (χ2v) is 9.17. The minimum absolute atomic E-state index is 0.213. The summed E-state index contributed by atoms with van der Waals surface area (Å²) in [6.45, 7) is 8.35. The fraction of sp³-hybridized carbons (Fsp3) is 0.545. The summed E-state index contributed by atoms with van der Waals surface area (Å²) >= 11 is 0. The third-order valence-corrected chi connectivity index (χ3v) is 6.04. The van der Waals surface area contributed by atoms with Crippen LogP contribution in [0, 0.1) is 12.3 Å². The molecular formula is C22H28FN5O3. The molecular weight excluding hydrogens is 401 g/mol. The topological polar surface area (TPSA) is 91.7 Å². The quantitative estimate of drug-likeness (QED) is 0.794. The SMILES string of the molecule is Cc1c(O[C@H]2CCN(C(=O)O)C(C(C)(C)C)[C@H]2F)ncnc1N1CCc2ncccc21. The Morgan fingerprint density at radius 3 is 2.74 bits per heavy atom. The molecule has 8 nitrogen and oxygen atoms in total. The summed E-state index contributed by atoms with van der Waals surface area (Å²) in [5.41, 5.74) is 2.17. The largest absolute Gasteiger partial charge is 0.471 e. The Hall–Kier alpha value is -2.97. The number of aromatic nitrogens is 3. The lowest BCUT2D eigenvalue weighted by Gasteiger charge is -2.46. The first kappa shape index (κ1) is 21.3. The zero-order valence-electron chi connectivity index (χ0n) is 18.2. The zero-order valence-corrected chi connectivity index (χ0v) is 18.2. The van der Waals surface area contributed by atoms with Gasteiger partial charge in [0.15, 0.2) is 6.17 Å². The number of rotatable bonds is 3. The van der Waals surface area contributed by atoms with Crippen molar-refractivity contribution in [3.05, 3.63) is 35.9 Å². The molecule has 1 amide bonds. The summed E-state index contributed by atoms with van der Waals surface area (Å²) in [4.78, 5) is 28.1. The van der Waals surface area contributed by atoms with Crippen molar-refractivity contribution in [1.29, 1.82) is 0 Å². The summed E-state index contributed by atoms with van der Waals surface area (Å²) in [6.07, 6.45) is 0.919. The smallest absolute Gasteiger partial charge is 0.407 e. The molecule has 2 aromatic heterocycles. The van der Waals surface area contributed by atoms with Crippen molar-refractivity contribution in [1.82, 2.24) is 19.9 Å². The number of likely N-dealkylation sites (tertiary alicyclic amines) is 1. The van der Waals surface area contributed by atoms with Crippen LogP contribution in [0.1, 0.15) is 38.4 Å². The van der Waals surface area contributed by atoms with Crippen molar-refractivity contribution >= 4 is 17.6 Å². The molecule has 1 unspecified atom stereocenters. The molecule has 0 aromatic carbocycles. The summed E-state index contributed by atoms with van der Waals surface area (Å²) in [7, 11) is 0. The maximum absolute atomic E-state index is 15.5. The highest BCUT2D eigenvalue weighted by Gasteiger charge is 2.47. The third kappa shape index (κ3) is 3.88. The molecule has 0 aliphatic carbocycles. The second kappa shape index (κ2) is 7.94. The van der Waals surface area contributed by atoms with Crippen molar-refractivity contribution in [3.63, 3.8) is 0 Å². The van der Waals surface area contributed by atoms with Crippen molar-refractivity contribution < 1.29 is 19.0 Å². The molecule has 2 aliphatic heterocycles. The molecule has 0 spiro atoms. The Kier molecular flexibility index (Phi) is 5.45. The van der Waals surface area contributed by atoms with E-state index >= 15 is 4.39 Å². The Morgan fingerprint density at radius 1 is 1.26 bits per heavy atom. The predicted octanol–water partition coefficient (Wildman–Crippen LogP) is 3.76. The minimum Gasteiger partial charge on any atom is -0.471 e. The van der Waals surface area contributed by atoms with Gasteiger partial charge >= 0.3 is 6.09 Å². The molecule has 2 aliphatic rings. The molecule has 0 radical (unpaired) electrons. The minimum atomic E-state index is -1.47. The first-order valence-electron chi connectivity index (χ1n) is 10.5. The number of anilines is 2. The van der Waals surface area contributed by atoms with Gasteiger partial charge in [-0.3, -0.25) is 4.98 Å². The number of hydrogen-bond acceptors (Lipinski definition) is 6. The summed E-state index contributed by atoms with van der Waals surface area (Å²) < 4.78 is 21.6. The van der Waals surface area contributed by atoms with Crippen LogP contribution in [-0.4, -0.2) is 62.5 Å². The highest BCUT2D eigenvalue weighted by molar-refractivity contribution is 5.68. The molecule has 166 valence electrons. The number of hydrogen-bond donors (Lipinski definition) is 1. The molecule has 9 heteroatoms. The van der Waals surface area contributed by atoms with E-state index in [9.17, 15) is 9.90 Å². The van der Waals surface area contributed by atoms with Crippen LogP contribution >= 0.6 is 0 Å². The summed E-state index contributed by atoms with van der Waals surface area (Å²) in [5.74, 6) is 1.04. The molecule has 2 aromatic rings. The Balaban J connectivity index is 1.59. The van der Waals surface area contributed by atoms with Gasteiger partial charge in [-0.25, -0.2) is 19.2 Å². The highest BCUT2D eigenvalue weighted by atomic mass is 19.1. The van der Waals surface area contributed by atoms with Gasteiger partial charge in [-0.05, 0) is 24.5 Å². The van der Waals surface area contributed by atoms with Gasteiger partial charge in [0.2, 0.25) is 5.88 Å². The van der Waals surface area contributed by atoms with E-state index in [4.69, 9.17) is 4.74 Å². The number of alkyl halides is 1. The maximum Gasteiger partial charge on any atom is 0.407 e. The predicted molar refractivity (Wildman–Crippen MR) is 114 cm³/mol. The fourth-order valence-corrected chi connectivity index (χ4v) is 4.61. The van der Waals surface area contributed by atoms with E-state index < -0.39 is 29.8 Å². The molecule has 0 saturated carbocycles. The van der Waals surface area contributed by atoms with Crippen LogP contribution in [0.5, 0.6) is 5.88 Å². The molecule has 4 heterocycles. The van der Waals surface area contributed by atoms with Crippen molar-refractivity contribution in [2.45, 2.75) is 58.9 Å². The van der Waals surface area contributed by atoms with Gasteiger partial charge in [0, 0.05) is 32.1 Å². The fourth-order valence-electron chi connectivity index (χ4n) is 4.61. The van der Waals surface area contributed by atoms with E-state index in [1.807, 2.05) is 39.8 Å². The van der Waals surface area contributed by atoms with Gasteiger partial charge in [-0.15, -0.1) is 0 Å². The van der Waals surface area contributed by atoms with E-state index in [2.05, 4.69) is 19.9 Å².